The first-order valence-electron chi connectivity index (χ1n) is 9.66. The molecule has 1 atom stereocenters. The zero-order valence-electron chi connectivity index (χ0n) is 16.8. The molecule has 1 unspecified atom stereocenters. The molecule has 1 aromatic heterocycles. The molecule has 154 valence electrons. The summed E-state index contributed by atoms with van der Waals surface area (Å²) in [6.45, 7) is 2.39. The minimum atomic E-state index is -0.414. The topological polar surface area (TPSA) is 97.6 Å². The molecule has 1 saturated heterocycles. The molecule has 30 heavy (non-hydrogen) atoms. The van der Waals surface area contributed by atoms with Crippen molar-refractivity contribution in [2.24, 2.45) is 5.92 Å². The van der Waals surface area contributed by atoms with Gasteiger partial charge in [0.15, 0.2) is 0 Å². The van der Waals surface area contributed by atoms with Gasteiger partial charge in [-0.25, -0.2) is 0 Å². The summed E-state index contributed by atoms with van der Waals surface area (Å²) in [5.41, 5.74) is 2.35. The smallest absolute Gasteiger partial charge is 0.227 e. The van der Waals surface area contributed by atoms with E-state index in [1.807, 2.05) is 48.5 Å². The first-order valence-corrected chi connectivity index (χ1v) is 9.66. The fraction of sp³-hybridized carbons (Fsp3) is 0.273. The Balaban J connectivity index is 1.43. The predicted molar refractivity (Wildman–Crippen MR) is 110 cm³/mol. The summed E-state index contributed by atoms with van der Waals surface area (Å²) < 4.78 is 10.3. The number of rotatable bonds is 6. The Morgan fingerprint density at radius 3 is 2.87 bits per heavy atom. The van der Waals surface area contributed by atoms with Gasteiger partial charge in [0.25, 0.3) is 0 Å². The quantitative estimate of drug-likeness (QED) is 0.676. The molecule has 0 saturated carbocycles. The van der Waals surface area contributed by atoms with Crippen LogP contribution in [0.5, 0.6) is 5.75 Å². The van der Waals surface area contributed by atoms with E-state index in [9.17, 15) is 9.59 Å². The normalized spacial score (nSPS) is 16.0. The largest absolute Gasteiger partial charge is 0.496 e. The SMILES string of the molecule is COc1ccccc1CNC(=O)C1CC(=O)N(c2cccc(-c3noc(C)n3)c2)C1. The second-order valence-electron chi connectivity index (χ2n) is 7.12. The van der Waals surface area contributed by atoms with Crippen LogP contribution in [0.4, 0.5) is 5.69 Å². The molecule has 2 amide bonds. The van der Waals surface area contributed by atoms with Crippen molar-refractivity contribution in [1.82, 2.24) is 15.5 Å². The van der Waals surface area contributed by atoms with Gasteiger partial charge in [-0.1, -0.05) is 35.5 Å². The average molecular weight is 406 g/mol. The number of carbonyl (C=O) groups excluding carboxylic acids is 2. The highest BCUT2D eigenvalue weighted by Crippen LogP contribution is 2.28. The zero-order valence-corrected chi connectivity index (χ0v) is 16.8. The number of nitrogens with zero attached hydrogens (tertiary/aromatic N) is 3. The number of nitrogens with one attached hydrogen (secondary N) is 1. The lowest BCUT2D eigenvalue weighted by Crippen LogP contribution is -2.32. The molecule has 2 heterocycles. The van der Waals surface area contributed by atoms with E-state index in [0.29, 0.717) is 30.5 Å². The van der Waals surface area contributed by atoms with Crippen LogP contribution in [0.3, 0.4) is 0 Å². The second-order valence-corrected chi connectivity index (χ2v) is 7.12. The summed E-state index contributed by atoms with van der Waals surface area (Å²) in [4.78, 5) is 31.1. The van der Waals surface area contributed by atoms with Crippen molar-refractivity contribution >= 4 is 17.5 Å². The fourth-order valence-electron chi connectivity index (χ4n) is 3.54. The molecular weight excluding hydrogens is 384 g/mol. The molecule has 0 radical (unpaired) electrons. The summed E-state index contributed by atoms with van der Waals surface area (Å²) in [5.74, 6) is 1.00. The third-order valence-corrected chi connectivity index (χ3v) is 5.09. The number of amides is 2. The van der Waals surface area contributed by atoms with Gasteiger partial charge in [0.05, 0.1) is 13.0 Å². The fourth-order valence-corrected chi connectivity index (χ4v) is 3.54. The number of carbonyl (C=O) groups is 2. The maximum absolute atomic E-state index is 12.7. The summed E-state index contributed by atoms with van der Waals surface area (Å²) in [6.07, 6.45) is 0.170. The molecule has 1 aliphatic rings. The van der Waals surface area contributed by atoms with E-state index >= 15 is 0 Å². The average Bonchev–Trinajstić information content (AvgIpc) is 3.38. The molecule has 8 heteroatoms. The Morgan fingerprint density at radius 2 is 2.10 bits per heavy atom. The highest BCUT2D eigenvalue weighted by Gasteiger charge is 2.35. The van der Waals surface area contributed by atoms with Crippen molar-refractivity contribution in [3.8, 4) is 17.1 Å². The number of aromatic nitrogens is 2. The maximum Gasteiger partial charge on any atom is 0.227 e. The Morgan fingerprint density at radius 1 is 1.27 bits per heavy atom. The van der Waals surface area contributed by atoms with Crippen LogP contribution in [-0.2, 0) is 16.1 Å². The second kappa shape index (κ2) is 8.36. The van der Waals surface area contributed by atoms with E-state index < -0.39 is 5.92 Å². The lowest BCUT2D eigenvalue weighted by Gasteiger charge is -2.17. The van der Waals surface area contributed by atoms with Crippen molar-refractivity contribution in [2.75, 3.05) is 18.6 Å². The summed E-state index contributed by atoms with van der Waals surface area (Å²) >= 11 is 0. The third-order valence-electron chi connectivity index (χ3n) is 5.09. The predicted octanol–water partition coefficient (Wildman–Crippen LogP) is 2.72. The van der Waals surface area contributed by atoms with Crippen molar-refractivity contribution in [1.29, 1.82) is 0 Å². The summed E-state index contributed by atoms with van der Waals surface area (Å²) in [6, 6.07) is 14.9. The van der Waals surface area contributed by atoms with Gasteiger partial charge in [0.1, 0.15) is 5.75 Å². The van der Waals surface area contributed by atoms with Gasteiger partial charge in [-0.15, -0.1) is 0 Å². The molecule has 4 rings (SSSR count). The number of hydrogen-bond acceptors (Lipinski definition) is 6. The van der Waals surface area contributed by atoms with E-state index in [0.717, 1.165) is 16.9 Å². The standard InChI is InChI=1S/C22H22N4O4/c1-14-24-21(25-30-14)15-7-5-8-18(10-15)26-13-17(11-20(26)27)22(28)23-12-16-6-3-4-9-19(16)29-2/h3-10,17H,11-13H2,1-2H3,(H,23,28). The number of hydrogen-bond donors (Lipinski definition) is 1. The molecule has 2 aromatic carbocycles. The summed E-state index contributed by atoms with van der Waals surface area (Å²) in [7, 11) is 1.60. The van der Waals surface area contributed by atoms with Crippen LogP contribution in [-0.4, -0.2) is 35.6 Å². The van der Waals surface area contributed by atoms with Gasteiger partial charge < -0.3 is 19.5 Å². The first kappa shape index (κ1) is 19.6. The Labute approximate surface area is 173 Å². The Bertz CT molecular complexity index is 1080. The molecule has 1 fully saturated rings. The van der Waals surface area contributed by atoms with Crippen LogP contribution in [0.15, 0.2) is 53.1 Å². The number of benzene rings is 2. The van der Waals surface area contributed by atoms with Gasteiger partial charge in [0, 0.05) is 43.2 Å². The van der Waals surface area contributed by atoms with E-state index in [2.05, 4.69) is 15.5 Å². The monoisotopic (exact) mass is 406 g/mol. The highest BCUT2D eigenvalue weighted by atomic mass is 16.5. The van der Waals surface area contributed by atoms with Crippen LogP contribution in [0, 0.1) is 12.8 Å². The van der Waals surface area contributed by atoms with E-state index in [-0.39, 0.29) is 18.2 Å². The Kier molecular flexibility index (Phi) is 5.47. The molecule has 3 aromatic rings. The van der Waals surface area contributed by atoms with Crippen molar-refractivity contribution < 1.29 is 18.8 Å². The van der Waals surface area contributed by atoms with Crippen molar-refractivity contribution in [2.45, 2.75) is 19.9 Å². The molecule has 1 aliphatic heterocycles. The Hall–Kier alpha value is -3.68. The van der Waals surface area contributed by atoms with Gasteiger partial charge >= 0.3 is 0 Å². The van der Waals surface area contributed by atoms with Crippen LogP contribution < -0.4 is 15.0 Å². The molecule has 0 bridgehead atoms. The van der Waals surface area contributed by atoms with Gasteiger partial charge in [0.2, 0.25) is 23.5 Å². The van der Waals surface area contributed by atoms with Crippen LogP contribution in [0.25, 0.3) is 11.4 Å². The van der Waals surface area contributed by atoms with Crippen molar-refractivity contribution in [3.63, 3.8) is 0 Å². The van der Waals surface area contributed by atoms with E-state index in [4.69, 9.17) is 9.26 Å². The van der Waals surface area contributed by atoms with Crippen LogP contribution in [0.1, 0.15) is 17.9 Å². The number of aryl methyl sites for hydroxylation is 1. The first-order chi connectivity index (χ1) is 14.5. The molecule has 1 N–H and O–H groups in total. The van der Waals surface area contributed by atoms with Gasteiger partial charge in [-0.2, -0.15) is 4.98 Å². The minimum absolute atomic E-state index is 0.0890. The molecule has 0 aliphatic carbocycles. The summed E-state index contributed by atoms with van der Waals surface area (Å²) in [5, 5.41) is 6.84. The number of methoxy groups -OCH3 is 1. The molecule has 8 nitrogen and oxygen atoms in total. The van der Waals surface area contributed by atoms with E-state index in [1.54, 1.807) is 18.9 Å². The lowest BCUT2D eigenvalue weighted by molar-refractivity contribution is -0.126. The van der Waals surface area contributed by atoms with Crippen LogP contribution >= 0.6 is 0 Å². The molecule has 0 spiro atoms. The number of ether oxygens (including phenoxy) is 1. The minimum Gasteiger partial charge on any atom is -0.496 e. The lowest BCUT2D eigenvalue weighted by atomic mass is 10.1. The zero-order chi connectivity index (χ0) is 21.1. The maximum atomic E-state index is 12.7. The number of anilines is 1. The van der Waals surface area contributed by atoms with E-state index in [1.165, 1.54) is 0 Å². The number of para-hydroxylation sites is 1. The van der Waals surface area contributed by atoms with Crippen LogP contribution in [0.2, 0.25) is 0 Å². The molecular formula is C22H22N4O4. The van der Waals surface area contributed by atoms with Gasteiger partial charge in [-0.3, -0.25) is 9.59 Å². The highest BCUT2D eigenvalue weighted by molar-refractivity contribution is 6.00. The van der Waals surface area contributed by atoms with Crippen molar-refractivity contribution in [3.05, 3.63) is 60.0 Å². The van der Waals surface area contributed by atoms with Gasteiger partial charge in [-0.05, 0) is 18.2 Å². The third kappa shape index (κ3) is 4.03.